The summed E-state index contributed by atoms with van der Waals surface area (Å²) in [4.78, 5) is 15.9. The second-order valence-corrected chi connectivity index (χ2v) is 5.87. The third-order valence-corrected chi connectivity index (χ3v) is 3.89. The number of rotatable bonds is 5. The van der Waals surface area contributed by atoms with Gasteiger partial charge in [0.15, 0.2) is 17.2 Å². The molecule has 0 radical (unpaired) electrons. The quantitative estimate of drug-likeness (QED) is 0.575. The summed E-state index contributed by atoms with van der Waals surface area (Å²) < 4.78 is 4.98. The summed E-state index contributed by atoms with van der Waals surface area (Å²) in [5.41, 5.74) is 3.25. The Labute approximate surface area is 132 Å². The first kappa shape index (κ1) is 14.6. The summed E-state index contributed by atoms with van der Waals surface area (Å²) >= 11 is 1.59. The topological polar surface area (TPSA) is 59.3 Å². The minimum absolute atomic E-state index is 0.0466. The molecular formula is C16H16N4OS. The van der Waals surface area contributed by atoms with E-state index in [4.69, 9.17) is 0 Å². The molecule has 0 saturated carbocycles. The van der Waals surface area contributed by atoms with Crippen LogP contribution in [-0.2, 0) is 0 Å². The van der Waals surface area contributed by atoms with Gasteiger partial charge in [-0.2, -0.15) is 0 Å². The largest absolute Gasteiger partial charge is 0.313 e. The predicted octanol–water partition coefficient (Wildman–Crippen LogP) is 3.68. The van der Waals surface area contributed by atoms with Crippen molar-refractivity contribution < 1.29 is 4.79 Å². The van der Waals surface area contributed by atoms with Crippen LogP contribution in [-0.4, -0.2) is 26.1 Å². The minimum Gasteiger partial charge on any atom is -0.313 e. The van der Waals surface area contributed by atoms with Gasteiger partial charge in [-0.05, 0) is 25.1 Å². The highest BCUT2D eigenvalue weighted by molar-refractivity contribution is 8.00. The molecule has 1 N–H and O–H groups in total. The van der Waals surface area contributed by atoms with Crippen LogP contribution in [0.4, 0.5) is 5.82 Å². The molecule has 3 rings (SSSR count). The number of Topliss-reactive ketones (excluding diaryl/α,β-unsaturated/α-hetero) is 1. The number of nitrogens with one attached hydrogen (secondary N) is 1. The van der Waals surface area contributed by atoms with E-state index in [2.05, 4.69) is 21.7 Å². The molecule has 0 saturated heterocycles. The molecule has 22 heavy (non-hydrogen) atoms. The second-order valence-electron chi connectivity index (χ2n) is 4.80. The smallest absolute Gasteiger partial charge is 0.159 e. The van der Waals surface area contributed by atoms with Crippen molar-refractivity contribution in [3.63, 3.8) is 0 Å². The number of carbonyl (C=O) groups excluding carboxylic acids is 1. The average Bonchev–Trinajstić information content (AvgIpc) is 2.96. The first-order valence-electron chi connectivity index (χ1n) is 7.03. The van der Waals surface area contributed by atoms with E-state index in [-0.39, 0.29) is 5.78 Å². The molecule has 2 aromatic heterocycles. The molecule has 1 aromatic carbocycles. The number of fused-ring (bicyclic) bond motifs is 1. The van der Waals surface area contributed by atoms with Crippen LogP contribution in [0, 0.1) is 0 Å². The van der Waals surface area contributed by atoms with E-state index in [1.165, 1.54) is 0 Å². The third-order valence-electron chi connectivity index (χ3n) is 3.25. The summed E-state index contributed by atoms with van der Waals surface area (Å²) in [5, 5.41) is 4.56. The number of hydrogen-bond acceptors (Lipinski definition) is 5. The Morgan fingerprint density at radius 2 is 2.18 bits per heavy atom. The van der Waals surface area contributed by atoms with E-state index in [0.717, 1.165) is 28.5 Å². The Morgan fingerprint density at radius 1 is 1.32 bits per heavy atom. The lowest BCUT2D eigenvalue weighted by molar-refractivity contribution is 0.101. The van der Waals surface area contributed by atoms with Gasteiger partial charge in [0.05, 0.1) is 11.9 Å². The van der Waals surface area contributed by atoms with E-state index in [1.54, 1.807) is 29.6 Å². The van der Waals surface area contributed by atoms with Gasteiger partial charge in [-0.1, -0.05) is 37.1 Å². The normalized spacial score (nSPS) is 10.8. The molecule has 0 amide bonds. The van der Waals surface area contributed by atoms with Gasteiger partial charge in [0.2, 0.25) is 0 Å². The Morgan fingerprint density at radius 3 is 2.95 bits per heavy atom. The van der Waals surface area contributed by atoms with Crippen molar-refractivity contribution in [2.75, 3.05) is 10.5 Å². The van der Waals surface area contributed by atoms with Crippen LogP contribution in [0.2, 0.25) is 0 Å². The number of carbonyl (C=O) groups is 1. The van der Waals surface area contributed by atoms with Crippen LogP contribution in [0.5, 0.6) is 0 Å². The van der Waals surface area contributed by atoms with Crippen molar-refractivity contribution >= 4 is 29.2 Å². The molecule has 112 valence electrons. The molecule has 0 unspecified atom stereocenters. The number of hydrogen-bond donors (Lipinski definition) is 1. The lowest BCUT2D eigenvalue weighted by atomic mass is 10.1. The molecule has 0 aliphatic heterocycles. The number of nitrogens with zero attached hydrogens (tertiary/aromatic N) is 3. The molecule has 0 bridgehead atoms. The van der Waals surface area contributed by atoms with E-state index >= 15 is 0 Å². The zero-order valence-corrected chi connectivity index (χ0v) is 13.2. The van der Waals surface area contributed by atoms with Crippen LogP contribution in [0.25, 0.3) is 16.9 Å². The van der Waals surface area contributed by atoms with Crippen LogP contribution >= 0.6 is 11.9 Å². The monoisotopic (exact) mass is 312 g/mol. The fraction of sp³-hybridized carbons (Fsp3) is 0.188. The molecule has 0 fully saturated rings. The van der Waals surface area contributed by atoms with Crippen molar-refractivity contribution in [2.24, 2.45) is 0 Å². The lowest BCUT2D eigenvalue weighted by Crippen LogP contribution is -1.99. The SMILES string of the molecule is CCSNc1ccc2ncc(-c3cccc(C(C)=O)c3)n2n1. The minimum atomic E-state index is 0.0466. The molecule has 2 heterocycles. The van der Waals surface area contributed by atoms with Gasteiger partial charge in [-0.3, -0.25) is 4.79 Å². The van der Waals surface area contributed by atoms with E-state index in [1.807, 2.05) is 36.4 Å². The summed E-state index contributed by atoms with van der Waals surface area (Å²) in [6.45, 7) is 3.64. The van der Waals surface area contributed by atoms with Crippen LogP contribution in [0.15, 0.2) is 42.6 Å². The number of benzene rings is 1. The molecular weight excluding hydrogens is 296 g/mol. The van der Waals surface area contributed by atoms with Gasteiger partial charge >= 0.3 is 0 Å². The Hall–Kier alpha value is -2.34. The zero-order chi connectivity index (χ0) is 15.5. The summed E-state index contributed by atoms with van der Waals surface area (Å²) in [6.07, 6.45) is 1.78. The molecule has 5 nitrogen and oxygen atoms in total. The van der Waals surface area contributed by atoms with Gasteiger partial charge in [-0.15, -0.1) is 5.10 Å². The maximum absolute atomic E-state index is 11.6. The van der Waals surface area contributed by atoms with Crippen molar-refractivity contribution in [1.29, 1.82) is 0 Å². The summed E-state index contributed by atoms with van der Waals surface area (Å²) in [7, 11) is 0. The van der Waals surface area contributed by atoms with Gasteiger partial charge in [0, 0.05) is 16.9 Å². The van der Waals surface area contributed by atoms with Crippen molar-refractivity contribution in [3.05, 3.63) is 48.2 Å². The van der Waals surface area contributed by atoms with Gasteiger partial charge in [-0.25, -0.2) is 9.50 Å². The van der Waals surface area contributed by atoms with Crippen LogP contribution in [0.1, 0.15) is 24.2 Å². The maximum atomic E-state index is 11.6. The van der Waals surface area contributed by atoms with Crippen molar-refractivity contribution in [2.45, 2.75) is 13.8 Å². The van der Waals surface area contributed by atoms with Crippen molar-refractivity contribution in [3.8, 4) is 11.3 Å². The maximum Gasteiger partial charge on any atom is 0.159 e. The Balaban J connectivity index is 2.06. The molecule has 0 aliphatic carbocycles. The summed E-state index contributed by atoms with van der Waals surface area (Å²) in [5.74, 6) is 1.78. The molecule has 0 spiro atoms. The van der Waals surface area contributed by atoms with E-state index in [9.17, 15) is 4.79 Å². The number of ketones is 1. The first-order valence-corrected chi connectivity index (χ1v) is 8.01. The molecule has 6 heteroatoms. The standard InChI is InChI=1S/C16H16N4OS/c1-3-22-19-15-7-8-16-17-10-14(20(16)18-15)13-6-4-5-12(9-13)11(2)21/h4-10H,3H2,1-2H3,(H,18,19). The molecule has 3 aromatic rings. The van der Waals surface area contributed by atoms with Crippen LogP contribution in [0.3, 0.4) is 0 Å². The highest BCUT2D eigenvalue weighted by Gasteiger charge is 2.09. The molecule has 0 aliphatic rings. The van der Waals surface area contributed by atoms with Crippen molar-refractivity contribution in [1.82, 2.24) is 14.6 Å². The van der Waals surface area contributed by atoms with E-state index < -0.39 is 0 Å². The fourth-order valence-electron chi connectivity index (χ4n) is 2.17. The Bertz CT molecular complexity index is 828. The first-order chi connectivity index (χ1) is 10.7. The number of aromatic nitrogens is 3. The second kappa shape index (κ2) is 6.19. The third kappa shape index (κ3) is 2.82. The highest BCUT2D eigenvalue weighted by atomic mass is 32.2. The van der Waals surface area contributed by atoms with Gasteiger partial charge < -0.3 is 4.72 Å². The summed E-state index contributed by atoms with van der Waals surface area (Å²) in [6, 6.07) is 11.3. The highest BCUT2D eigenvalue weighted by Crippen LogP contribution is 2.22. The predicted molar refractivity (Wildman–Crippen MR) is 90.2 cm³/mol. The molecule has 0 atom stereocenters. The van der Waals surface area contributed by atoms with Gasteiger partial charge in [0.25, 0.3) is 0 Å². The van der Waals surface area contributed by atoms with Gasteiger partial charge in [0.1, 0.15) is 0 Å². The lowest BCUT2D eigenvalue weighted by Gasteiger charge is -2.06. The zero-order valence-electron chi connectivity index (χ0n) is 12.4. The van der Waals surface area contributed by atoms with Crippen LogP contribution < -0.4 is 4.72 Å². The van der Waals surface area contributed by atoms with E-state index in [0.29, 0.717) is 5.56 Å². The number of anilines is 1. The Kier molecular flexibility index (Phi) is 4.11. The number of imidazole rings is 1. The average molecular weight is 312 g/mol. The fourth-order valence-corrected chi connectivity index (χ4v) is 2.57.